The van der Waals surface area contributed by atoms with E-state index in [0.717, 1.165) is 39.3 Å². The first-order valence-corrected chi connectivity index (χ1v) is 9.91. The summed E-state index contributed by atoms with van der Waals surface area (Å²) in [5.41, 5.74) is 0. The molecule has 2 atom stereocenters. The fourth-order valence-corrected chi connectivity index (χ4v) is 3.48. The zero-order valence-electron chi connectivity index (χ0n) is 13.6. The Morgan fingerprint density at radius 3 is 1.32 bits per heavy atom. The van der Waals surface area contributed by atoms with E-state index in [4.69, 9.17) is 6.15 Å². The Morgan fingerprint density at radius 2 is 1.05 bits per heavy atom. The van der Waals surface area contributed by atoms with Gasteiger partial charge in [-0.05, 0) is 0 Å². The van der Waals surface area contributed by atoms with E-state index in [1.54, 1.807) is 0 Å². The molecule has 0 rings (SSSR count). The molecule has 0 N–H and O–H groups in total. The molecule has 0 spiro atoms. The van der Waals surface area contributed by atoms with Gasteiger partial charge in [0.05, 0.1) is 0 Å². The van der Waals surface area contributed by atoms with Crippen LogP contribution in [0.1, 0.15) is 41.5 Å². The van der Waals surface area contributed by atoms with Crippen molar-refractivity contribution in [1.29, 1.82) is 0 Å². The van der Waals surface area contributed by atoms with Crippen LogP contribution in [0.4, 0.5) is 0 Å². The normalized spacial score (nSPS) is 15.2. The van der Waals surface area contributed by atoms with Gasteiger partial charge in [-0.2, -0.15) is 0 Å². The minimum atomic E-state index is -1.13. The van der Waals surface area contributed by atoms with Gasteiger partial charge in [0, 0.05) is 0 Å². The third-order valence-electron chi connectivity index (χ3n) is 3.32. The molecule has 0 aliphatic rings. The molecule has 2 radical (unpaired) electrons. The third-order valence-corrected chi connectivity index (χ3v) is 6.16. The summed E-state index contributed by atoms with van der Waals surface area (Å²) < 4.78 is 11.8. The number of rotatable bonds is 12. The molecular weight excluding hydrogens is 347 g/mol. The second-order valence-corrected chi connectivity index (χ2v) is 6.73. The van der Waals surface area contributed by atoms with Crippen molar-refractivity contribution < 1.29 is 6.15 Å². The predicted octanol–water partition coefficient (Wildman–Crippen LogP) is 2.01. The van der Waals surface area contributed by atoms with Crippen molar-refractivity contribution in [3.8, 4) is 0 Å². The van der Waals surface area contributed by atoms with Crippen molar-refractivity contribution in [2.24, 2.45) is 0 Å². The van der Waals surface area contributed by atoms with Gasteiger partial charge in [-0.25, -0.2) is 0 Å². The number of likely N-dealkylation sites (N-methyl/N-ethyl adjacent to an activating group) is 2. The molecule has 114 valence electrons. The van der Waals surface area contributed by atoms with Gasteiger partial charge in [0.15, 0.2) is 0 Å². The van der Waals surface area contributed by atoms with E-state index in [2.05, 4.69) is 51.3 Å². The van der Waals surface area contributed by atoms with Gasteiger partial charge in [-0.3, -0.25) is 0 Å². The van der Waals surface area contributed by atoms with E-state index in [1.165, 1.54) is 0 Å². The number of nitrogens with zero attached hydrogens (tertiary/aromatic N) is 2. The van der Waals surface area contributed by atoms with Crippen molar-refractivity contribution in [1.82, 2.24) is 9.80 Å². The van der Waals surface area contributed by atoms with Crippen molar-refractivity contribution in [2.45, 2.75) is 53.8 Å². The molecule has 0 aromatic carbocycles. The first-order chi connectivity index (χ1) is 9.07. The molecular formula is C14H32N2O2Sn. The summed E-state index contributed by atoms with van der Waals surface area (Å²) in [6.07, 6.45) is 0.597. The summed E-state index contributed by atoms with van der Waals surface area (Å²) in [5.74, 6) is 0. The van der Waals surface area contributed by atoms with Gasteiger partial charge in [0.1, 0.15) is 0 Å². The molecule has 0 aromatic heterocycles. The molecule has 0 heterocycles. The van der Waals surface area contributed by atoms with Gasteiger partial charge < -0.3 is 0 Å². The summed E-state index contributed by atoms with van der Waals surface area (Å²) in [5, 5.41) is 0. The van der Waals surface area contributed by atoms with Crippen LogP contribution in [0.5, 0.6) is 0 Å². The molecule has 0 saturated heterocycles. The van der Waals surface area contributed by atoms with Gasteiger partial charge in [-0.1, -0.05) is 0 Å². The van der Waals surface area contributed by atoms with Crippen LogP contribution in [-0.2, 0) is 6.15 Å². The molecule has 0 saturated carbocycles. The fourth-order valence-electron chi connectivity index (χ4n) is 1.96. The van der Waals surface area contributed by atoms with Crippen LogP contribution in [0.2, 0.25) is 0 Å². The summed E-state index contributed by atoms with van der Waals surface area (Å²) in [6.45, 7) is 19.5. The monoisotopic (exact) mass is 380 g/mol. The zero-order valence-corrected chi connectivity index (χ0v) is 16.5. The summed E-state index contributed by atoms with van der Waals surface area (Å²) in [7, 11) is 0. The van der Waals surface area contributed by atoms with Crippen molar-refractivity contribution in [3.05, 3.63) is 0 Å². The van der Waals surface area contributed by atoms with Crippen molar-refractivity contribution >= 4 is 22.0 Å². The Morgan fingerprint density at radius 1 is 0.737 bits per heavy atom. The van der Waals surface area contributed by atoms with Crippen LogP contribution in [0, 0.1) is 0 Å². The molecule has 19 heavy (non-hydrogen) atoms. The summed E-state index contributed by atoms with van der Waals surface area (Å²) in [6, 6.07) is 0. The maximum atomic E-state index is 5.88. The van der Waals surface area contributed by atoms with Crippen LogP contribution >= 0.6 is 0 Å². The number of hydrogen-bond donors (Lipinski definition) is 0. The van der Waals surface area contributed by atoms with Crippen LogP contribution in [-0.4, -0.2) is 83.2 Å². The van der Waals surface area contributed by atoms with E-state index in [9.17, 15) is 0 Å². The summed E-state index contributed by atoms with van der Waals surface area (Å²) in [4.78, 5) is 4.78. The Kier molecular flexibility index (Phi) is 12.8. The van der Waals surface area contributed by atoms with E-state index < -0.39 is 22.0 Å². The Hall–Kier alpha value is 0.639. The molecule has 5 heteroatoms. The predicted molar refractivity (Wildman–Crippen MR) is 82.4 cm³/mol. The van der Waals surface area contributed by atoms with E-state index in [1.807, 2.05) is 0 Å². The maximum absolute atomic E-state index is 5.88. The van der Waals surface area contributed by atoms with Crippen LogP contribution in [0.25, 0.3) is 0 Å². The van der Waals surface area contributed by atoms with Crippen LogP contribution < -0.4 is 0 Å². The Bertz CT molecular complexity index is 180. The SMILES string of the molecule is CCN(CC)CC(C)[O][Sn][O]C(C)CN(CC)CC. The zero-order chi connectivity index (χ0) is 14.7. The summed E-state index contributed by atoms with van der Waals surface area (Å²) >= 11 is -1.13. The third kappa shape index (κ3) is 10.1. The molecule has 4 nitrogen and oxygen atoms in total. The molecule has 2 unspecified atom stereocenters. The van der Waals surface area contributed by atoms with Gasteiger partial charge >= 0.3 is 131 Å². The fraction of sp³-hybridized carbons (Fsp3) is 1.00. The molecule has 0 aliphatic heterocycles. The average molecular weight is 379 g/mol. The molecule has 0 aliphatic carbocycles. The van der Waals surface area contributed by atoms with Crippen molar-refractivity contribution in [3.63, 3.8) is 0 Å². The molecule has 0 aromatic rings. The van der Waals surface area contributed by atoms with Crippen LogP contribution in [0.15, 0.2) is 0 Å². The Balaban J connectivity index is 3.71. The standard InChI is InChI=1S/2C7H16NO.Sn/c2*1-4-8(5-2)6-7(3)9;/h2*7H,4-6H2,1-3H3;/q2*-1;+2. The second-order valence-electron chi connectivity index (χ2n) is 4.91. The average Bonchev–Trinajstić information content (AvgIpc) is 2.42. The van der Waals surface area contributed by atoms with Crippen LogP contribution in [0.3, 0.4) is 0 Å². The topological polar surface area (TPSA) is 24.9 Å². The van der Waals surface area contributed by atoms with Gasteiger partial charge in [0.2, 0.25) is 0 Å². The molecule has 0 fully saturated rings. The minimum absolute atomic E-state index is 0.298. The van der Waals surface area contributed by atoms with Gasteiger partial charge in [-0.15, -0.1) is 0 Å². The molecule has 0 amide bonds. The van der Waals surface area contributed by atoms with E-state index >= 15 is 0 Å². The van der Waals surface area contributed by atoms with E-state index in [-0.39, 0.29) is 0 Å². The van der Waals surface area contributed by atoms with Crippen molar-refractivity contribution in [2.75, 3.05) is 39.3 Å². The Labute approximate surface area is 131 Å². The van der Waals surface area contributed by atoms with E-state index in [0.29, 0.717) is 12.2 Å². The van der Waals surface area contributed by atoms with Gasteiger partial charge in [0.25, 0.3) is 0 Å². The first-order valence-electron chi connectivity index (χ1n) is 7.58. The quantitative estimate of drug-likeness (QED) is 0.485. The number of hydrogen-bond acceptors (Lipinski definition) is 4. The second kappa shape index (κ2) is 12.4. The first kappa shape index (κ1) is 19.6. The molecule has 0 bridgehead atoms.